The van der Waals surface area contributed by atoms with Crippen LogP contribution in [0.15, 0.2) is 12.3 Å². The molecule has 1 aliphatic heterocycles. The van der Waals surface area contributed by atoms with E-state index in [2.05, 4.69) is 25.7 Å². The highest BCUT2D eigenvalue weighted by molar-refractivity contribution is 5.05. The largest absolute Gasteiger partial charge is 0.384 e. The Morgan fingerprint density at radius 1 is 1.62 bits per heavy atom. The molecule has 1 saturated heterocycles. The van der Waals surface area contributed by atoms with E-state index in [1.807, 2.05) is 0 Å². The Kier molecular flexibility index (Phi) is 1.07. The second-order valence-electron chi connectivity index (χ2n) is 3.11. The average Bonchev–Trinajstić information content (AvgIpc) is 1.82. The summed E-state index contributed by atoms with van der Waals surface area (Å²) in [4.78, 5) is 0. The van der Waals surface area contributed by atoms with Gasteiger partial charge < -0.3 is 5.32 Å². The molecule has 0 saturated carbocycles. The summed E-state index contributed by atoms with van der Waals surface area (Å²) in [7, 11) is 0. The van der Waals surface area contributed by atoms with E-state index in [9.17, 15) is 0 Å². The Bertz CT molecular complexity index is 114. The molecular formula is C7H13N. The zero-order chi connectivity index (χ0) is 6.20. The van der Waals surface area contributed by atoms with Crippen molar-refractivity contribution in [2.75, 3.05) is 0 Å². The third-order valence-electron chi connectivity index (χ3n) is 1.57. The van der Waals surface area contributed by atoms with E-state index in [1.54, 1.807) is 0 Å². The van der Waals surface area contributed by atoms with Crippen LogP contribution in [0.3, 0.4) is 0 Å². The molecule has 0 atom stereocenters. The lowest BCUT2D eigenvalue weighted by Gasteiger charge is -2.17. The van der Waals surface area contributed by atoms with E-state index < -0.39 is 0 Å². The van der Waals surface area contributed by atoms with Gasteiger partial charge in [0, 0.05) is 11.2 Å². The Balaban J connectivity index is 2.56. The van der Waals surface area contributed by atoms with Crippen molar-refractivity contribution in [1.82, 2.24) is 5.32 Å². The SMILES string of the molecule is C=C1CCC(C)(C)N1. The van der Waals surface area contributed by atoms with Crippen molar-refractivity contribution in [3.63, 3.8) is 0 Å². The van der Waals surface area contributed by atoms with Gasteiger partial charge in [0.2, 0.25) is 0 Å². The van der Waals surface area contributed by atoms with Gasteiger partial charge in [0.25, 0.3) is 0 Å². The fraction of sp³-hybridized carbons (Fsp3) is 0.714. The van der Waals surface area contributed by atoms with Crippen molar-refractivity contribution >= 4 is 0 Å². The average molecular weight is 111 g/mol. The van der Waals surface area contributed by atoms with Crippen LogP contribution in [0.1, 0.15) is 26.7 Å². The second-order valence-corrected chi connectivity index (χ2v) is 3.11. The fourth-order valence-corrected chi connectivity index (χ4v) is 1.07. The lowest BCUT2D eigenvalue weighted by molar-refractivity contribution is 0.470. The second kappa shape index (κ2) is 1.51. The van der Waals surface area contributed by atoms with Gasteiger partial charge in [-0.3, -0.25) is 0 Å². The highest BCUT2D eigenvalue weighted by atomic mass is 15.0. The molecule has 46 valence electrons. The standard InChI is InChI=1S/C7H13N/c1-6-4-5-7(2,3)8-6/h8H,1,4-5H2,2-3H3. The highest BCUT2D eigenvalue weighted by Gasteiger charge is 2.23. The summed E-state index contributed by atoms with van der Waals surface area (Å²) in [6.07, 6.45) is 2.37. The summed E-state index contributed by atoms with van der Waals surface area (Å²) in [5, 5.41) is 3.30. The van der Waals surface area contributed by atoms with Gasteiger partial charge in [0.05, 0.1) is 0 Å². The molecule has 0 radical (unpaired) electrons. The van der Waals surface area contributed by atoms with E-state index in [0.717, 1.165) is 6.42 Å². The molecule has 1 rings (SSSR count). The molecule has 0 aromatic heterocycles. The van der Waals surface area contributed by atoms with E-state index in [-0.39, 0.29) is 0 Å². The first-order valence-corrected chi connectivity index (χ1v) is 3.06. The summed E-state index contributed by atoms with van der Waals surface area (Å²) >= 11 is 0. The first-order chi connectivity index (χ1) is 3.60. The molecule has 0 unspecified atom stereocenters. The molecule has 1 heterocycles. The number of rotatable bonds is 0. The van der Waals surface area contributed by atoms with Gasteiger partial charge in [-0.15, -0.1) is 0 Å². The molecule has 1 nitrogen and oxygen atoms in total. The Morgan fingerprint density at radius 3 is 2.38 bits per heavy atom. The molecule has 0 spiro atoms. The topological polar surface area (TPSA) is 12.0 Å². The molecule has 0 amide bonds. The van der Waals surface area contributed by atoms with Gasteiger partial charge in [-0.2, -0.15) is 0 Å². The van der Waals surface area contributed by atoms with Gasteiger partial charge in [0.15, 0.2) is 0 Å². The minimum Gasteiger partial charge on any atom is -0.384 e. The number of hydrogen-bond acceptors (Lipinski definition) is 1. The first-order valence-electron chi connectivity index (χ1n) is 3.06. The Hall–Kier alpha value is -0.460. The maximum Gasteiger partial charge on any atom is 0.0318 e. The van der Waals surface area contributed by atoms with Crippen LogP contribution in [0, 0.1) is 0 Å². The molecule has 0 aliphatic carbocycles. The maximum atomic E-state index is 3.84. The summed E-state index contributed by atoms with van der Waals surface area (Å²) in [6, 6.07) is 0. The van der Waals surface area contributed by atoms with Crippen molar-refractivity contribution in [2.45, 2.75) is 32.2 Å². The van der Waals surface area contributed by atoms with Crippen LogP contribution in [0.5, 0.6) is 0 Å². The highest BCUT2D eigenvalue weighted by Crippen LogP contribution is 2.22. The van der Waals surface area contributed by atoms with Gasteiger partial charge in [0.1, 0.15) is 0 Å². The van der Waals surface area contributed by atoms with Crippen molar-refractivity contribution in [3.8, 4) is 0 Å². The Morgan fingerprint density at radius 2 is 2.25 bits per heavy atom. The van der Waals surface area contributed by atoms with Crippen LogP contribution < -0.4 is 5.32 Å². The van der Waals surface area contributed by atoms with E-state index in [4.69, 9.17) is 0 Å². The third-order valence-corrected chi connectivity index (χ3v) is 1.57. The lowest BCUT2D eigenvalue weighted by atomic mass is 10.0. The van der Waals surface area contributed by atoms with Crippen LogP contribution in [0.4, 0.5) is 0 Å². The molecule has 8 heavy (non-hydrogen) atoms. The van der Waals surface area contributed by atoms with Crippen molar-refractivity contribution in [2.24, 2.45) is 0 Å². The van der Waals surface area contributed by atoms with E-state index >= 15 is 0 Å². The van der Waals surface area contributed by atoms with Crippen LogP contribution in [-0.4, -0.2) is 5.54 Å². The molecule has 1 N–H and O–H groups in total. The zero-order valence-corrected chi connectivity index (χ0v) is 5.62. The minimum absolute atomic E-state index is 0.317. The normalized spacial score (nSPS) is 25.5. The van der Waals surface area contributed by atoms with E-state index in [1.165, 1.54) is 12.1 Å². The summed E-state index contributed by atoms with van der Waals surface area (Å²) in [5.41, 5.74) is 1.51. The molecule has 0 aromatic carbocycles. The predicted octanol–water partition coefficient (Wildman–Crippen LogP) is 1.66. The van der Waals surface area contributed by atoms with E-state index in [0.29, 0.717) is 5.54 Å². The zero-order valence-electron chi connectivity index (χ0n) is 5.62. The quantitative estimate of drug-likeness (QED) is 0.501. The molecule has 1 heteroatoms. The molecule has 1 fully saturated rings. The third kappa shape index (κ3) is 1.03. The molecule has 0 bridgehead atoms. The number of allylic oxidation sites excluding steroid dienone is 1. The minimum atomic E-state index is 0.317. The van der Waals surface area contributed by atoms with Crippen LogP contribution in [-0.2, 0) is 0 Å². The maximum absolute atomic E-state index is 3.84. The molecule has 0 aromatic rings. The van der Waals surface area contributed by atoms with Gasteiger partial charge >= 0.3 is 0 Å². The predicted molar refractivity (Wildman–Crippen MR) is 35.6 cm³/mol. The monoisotopic (exact) mass is 111 g/mol. The van der Waals surface area contributed by atoms with Gasteiger partial charge in [-0.25, -0.2) is 0 Å². The molecular weight excluding hydrogens is 98.1 g/mol. The van der Waals surface area contributed by atoms with Crippen LogP contribution >= 0.6 is 0 Å². The smallest absolute Gasteiger partial charge is 0.0318 e. The molecule has 1 aliphatic rings. The lowest BCUT2D eigenvalue weighted by Crippen LogP contribution is -2.30. The Labute approximate surface area is 50.8 Å². The van der Waals surface area contributed by atoms with Gasteiger partial charge in [-0.05, 0) is 26.7 Å². The van der Waals surface area contributed by atoms with Gasteiger partial charge in [-0.1, -0.05) is 6.58 Å². The number of hydrogen-bond donors (Lipinski definition) is 1. The van der Waals surface area contributed by atoms with Crippen LogP contribution in [0.25, 0.3) is 0 Å². The van der Waals surface area contributed by atoms with Crippen molar-refractivity contribution in [1.29, 1.82) is 0 Å². The van der Waals surface area contributed by atoms with Crippen molar-refractivity contribution in [3.05, 3.63) is 12.3 Å². The van der Waals surface area contributed by atoms with Crippen molar-refractivity contribution < 1.29 is 0 Å². The summed E-state index contributed by atoms with van der Waals surface area (Å²) < 4.78 is 0. The number of nitrogens with one attached hydrogen (secondary N) is 1. The summed E-state index contributed by atoms with van der Waals surface area (Å²) in [6.45, 7) is 8.24. The fourth-order valence-electron chi connectivity index (χ4n) is 1.07. The summed E-state index contributed by atoms with van der Waals surface area (Å²) in [5.74, 6) is 0. The first kappa shape index (κ1) is 5.67. The van der Waals surface area contributed by atoms with Crippen LogP contribution in [0.2, 0.25) is 0 Å².